The smallest absolute Gasteiger partial charge is 0.271 e. The van der Waals surface area contributed by atoms with Crippen molar-refractivity contribution in [3.8, 4) is 17.2 Å². The maximum Gasteiger partial charge on any atom is 0.271 e. The van der Waals surface area contributed by atoms with E-state index in [-0.39, 0.29) is 5.91 Å². The number of hydrogen-bond donors (Lipinski definition) is 1. The number of ether oxygens (including phenoxy) is 3. The van der Waals surface area contributed by atoms with Crippen molar-refractivity contribution in [1.29, 1.82) is 0 Å². The fourth-order valence-electron chi connectivity index (χ4n) is 2.53. The van der Waals surface area contributed by atoms with Crippen molar-refractivity contribution in [2.45, 2.75) is 19.8 Å². The molecule has 2 aromatic rings. The molecule has 0 aliphatic rings. The summed E-state index contributed by atoms with van der Waals surface area (Å²) in [7, 11) is 4.53. The number of carbonyl (C=O) groups excluding carboxylic acids is 1. The minimum absolute atomic E-state index is 0.353. The molecule has 2 rings (SSSR count). The molecule has 0 saturated carbocycles. The first-order valence-corrected chi connectivity index (χ1v) is 8.36. The van der Waals surface area contributed by atoms with Gasteiger partial charge < -0.3 is 14.2 Å². The van der Waals surface area contributed by atoms with Crippen molar-refractivity contribution >= 4 is 11.6 Å². The Morgan fingerprint density at radius 1 is 0.962 bits per heavy atom. The Kier molecular flexibility index (Phi) is 7.02. The Morgan fingerprint density at radius 3 is 2.08 bits per heavy atom. The van der Waals surface area contributed by atoms with E-state index in [1.807, 2.05) is 30.3 Å². The molecule has 0 unspecified atom stereocenters. The van der Waals surface area contributed by atoms with Gasteiger partial charge in [-0.3, -0.25) is 4.79 Å². The summed E-state index contributed by atoms with van der Waals surface area (Å²) in [6, 6.07) is 13.0. The van der Waals surface area contributed by atoms with Crippen LogP contribution < -0.4 is 19.6 Å². The number of methoxy groups -OCH3 is 3. The van der Waals surface area contributed by atoms with Crippen LogP contribution in [0.15, 0.2) is 47.6 Å². The summed E-state index contributed by atoms with van der Waals surface area (Å²) in [4.78, 5) is 12.6. The maximum absolute atomic E-state index is 12.6. The summed E-state index contributed by atoms with van der Waals surface area (Å²) in [6.07, 6.45) is 1.69. The molecule has 0 fully saturated rings. The predicted octanol–water partition coefficient (Wildman–Crippen LogP) is 3.65. The molecule has 6 nitrogen and oxygen atoms in total. The lowest BCUT2D eigenvalue weighted by Gasteiger charge is -2.13. The molecule has 1 N–H and O–H groups in total. The first-order chi connectivity index (χ1) is 12.6. The van der Waals surface area contributed by atoms with Gasteiger partial charge >= 0.3 is 0 Å². The Bertz CT molecular complexity index is 748. The van der Waals surface area contributed by atoms with Crippen LogP contribution in [0, 0.1) is 0 Å². The van der Waals surface area contributed by atoms with E-state index in [0.717, 1.165) is 24.1 Å². The van der Waals surface area contributed by atoms with Gasteiger partial charge in [0.05, 0.1) is 27.0 Å². The number of nitrogens with one attached hydrogen (secondary N) is 1. The zero-order valence-corrected chi connectivity index (χ0v) is 15.5. The fourth-order valence-corrected chi connectivity index (χ4v) is 2.53. The average molecular weight is 356 g/mol. The van der Waals surface area contributed by atoms with E-state index in [1.54, 1.807) is 12.1 Å². The quantitative estimate of drug-likeness (QED) is 0.579. The molecule has 0 aliphatic heterocycles. The Labute approximate surface area is 153 Å². The second-order valence-electron chi connectivity index (χ2n) is 5.53. The first kappa shape index (κ1) is 19.3. The van der Waals surface area contributed by atoms with Crippen LogP contribution in [0.4, 0.5) is 0 Å². The third-order valence-corrected chi connectivity index (χ3v) is 3.81. The monoisotopic (exact) mass is 356 g/mol. The average Bonchev–Trinajstić information content (AvgIpc) is 2.70. The van der Waals surface area contributed by atoms with E-state index in [2.05, 4.69) is 17.5 Å². The lowest BCUT2D eigenvalue weighted by atomic mass is 10.1. The van der Waals surface area contributed by atoms with Gasteiger partial charge in [-0.05, 0) is 24.1 Å². The molecule has 2 aromatic carbocycles. The molecule has 6 heteroatoms. The lowest BCUT2D eigenvalue weighted by molar-refractivity contribution is 0.0954. The number of benzene rings is 2. The van der Waals surface area contributed by atoms with E-state index in [9.17, 15) is 4.79 Å². The minimum Gasteiger partial charge on any atom is -0.493 e. The van der Waals surface area contributed by atoms with Crippen molar-refractivity contribution in [1.82, 2.24) is 5.43 Å². The highest BCUT2D eigenvalue weighted by atomic mass is 16.5. The topological polar surface area (TPSA) is 69.2 Å². The van der Waals surface area contributed by atoms with Gasteiger partial charge in [-0.15, -0.1) is 0 Å². The van der Waals surface area contributed by atoms with Gasteiger partial charge in [0, 0.05) is 5.56 Å². The SMILES string of the molecule is CCC/C(=N\NC(=O)c1cc(OC)c(OC)c(OC)c1)c1ccccc1. The number of amides is 1. The lowest BCUT2D eigenvalue weighted by Crippen LogP contribution is -2.20. The molecular formula is C20H24N2O4. The Balaban J connectivity index is 2.28. The van der Waals surface area contributed by atoms with Gasteiger partial charge in [-0.2, -0.15) is 5.10 Å². The van der Waals surface area contributed by atoms with Crippen molar-refractivity contribution in [3.05, 3.63) is 53.6 Å². The number of rotatable bonds is 8. The van der Waals surface area contributed by atoms with E-state index >= 15 is 0 Å². The van der Waals surface area contributed by atoms with Crippen molar-refractivity contribution in [2.75, 3.05) is 21.3 Å². The normalized spacial score (nSPS) is 11.0. The van der Waals surface area contributed by atoms with Crippen LogP contribution in [0.5, 0.6) is 17.2 Å². The first-order valence-electron chi connectivity index (χ1n) is 8.36. The molecule has 0 radical (unpaired) electrons. The molecule has 138 valence electrons. The number of hydrogen-bond acceptors (Lipinski definition) is 5. The van der Waals surface area contributed by atoms with Crippen molar-refractivity contribution in [2.24, 2.45) is 5.10 Å². The second-order valence-corrected chi connectivity index (χ2v) is 5.53. The van der Waals surface area contributed by atoms with Gasteiger partial charge in [-0.25, -0.2) is 5.43 Å². The summed E-state index contributed by atoms with van der Waals surface area (Å²) >= 11 is 0. The van der Waals surface area contributed by atoms with E-state index < -0.39 is 0 Å². The van der Waals surface area contributed by atoms with Crippen LogP contribution in [0.25, 0.3) is 0 Å². The molecule has 0 aromatic heterocycles. The van der Waals surface area contributed by atoms with Gasteiger partial charge in [0.2, 0.25) is 5.75 Å². The Hall–Kier alpha value is -3.02. The van der Waals surface area contributed by atoms with Gasteiger partial charge in [0.15, 0.2) is 11.5 Å². The van der Waals surface area contributed by atoms with Crippen molar-refractivity contribution in [3.63, 3.8) is 0 Å². The van der Waals surface area contributed by atoms with Crippen LogP contribution in [-0.4, -0.2) is 32.9 Å². The summed E-state index contributed by atoms with van der Waals surface area (Å²) in [5.74, 6) is 0.912. The molecule has 0 aliphatic carbocycles. The van der Waals surface area contributed by atoms with Gasteiger partial charge in [0.25, 0.3) is 5.91 Å². The third-order valence-electron chi connectivity index (χ3n) is 3.81. The molecule has 1 amide bonds. The zero-order valence-electron chi connectivity index (χ0n) is 15.5. The summed E-state index contributed by atoms with van der Waals surface area (Å²) in [5, 5.41) is 4.32. The fraction of sp³-hybridized carbons (Fsp3) is 0.300. The maximum atomic E-state index is 12.6. The number of hydrazone groups is 1. The summed E-state index contributed by atoms with van der Waals surface area (Å²) < 4.78 is 15.8. The van der Waals surface area contributed by atoms with Gasteiger partial charge in [-0.1, -0.05) is 43.7 Å². The molecule has 0 spiro atoms. The van der Waals surface area contributed by atoms with Crippen LogP contribution in [0.2, 0.25) is 0 Å². The molecule has 0 bridgehead atoms. The number of carbonyl (C=O) groups is 1. The molecule has 26 heavy (non-hydrogen) atoms. The molecular weight excluding hydrogens is 332 g/mol. The van der Waals surface area contributed by atoms with Crippen LogP contribution >= 0.6 is 0 Å². The van der Waals surface area contributed by atoms with Gasteiger partial charge in [0.1, 0.15) is 0 Å². The highest BCUT2D eigenvalue weighted by Gasteiger charge is 2.17. The number of nitrogens with zero attached hydrogens (tertiary/aromatic N) is 1. The molecule has 0 heterocycles. The van der Waals surface area contributed by atoms with Crippen LogP contribution in [0.3, 0.4) is 0 Å². The highest BCUT2D eigenvalue weighted by molar-refractivity contribution is 6.02. The van der Waals surface area contributed by atoms with E-state index in [1.165, 1.54) is 21.3 Å². The summed E-state index contributed by atoms with van der Waals surface area (Å²) in [5.41, 5.74) is 4.80. The minimum atomic E-state index is -0.353. The molecule has 0 saturated heterocycles. The van der Waals surface area contributed by atoms with E-state index in [0.29, 0.717) is 22.8 Å². The largest absolute Gasteiger partial charge is 0.493 e. The Morgan fingerprint density at radius 2 is 1.58 bits per heavy atom. The third kappa shape index (κ3) is 4.53. The predicted molar refractivity (Wildman–Crippen MR) is 101 cm³/mol. The second kappa shape index (κ2) is 9.46. The highest BCUT2D eigenvalue weighted by Crippen LogP contribution is 2.38. The molecule has 0 atom stereocenters. The summed E-state index contributed by atoms with van der Waals surface area (Å²) in [6.45, 7) is 2.07. The van der Waals surface area contributed by atoms with E-state index in [4.69, 9.17) is 14.2 Å². The van der Waals surface area contributed by atoms with Crippen LogP contribution in [-0.2, 0) is 0 Å². The standard InChI is InChI=1S/C20H24N2O4/c1-5-9-16(14-10-7-6-8-11-14)21-22-20(23)15-12-17(24-2)19(26-4)18(13-15)25-3/h6-8,10-13H,5,9H2,1-4H3,(H,22,23)/b21-16+. The van der Waals surface area contributed by atoms with Crippen LogP contribution in [0.1, 0.15) is 35.7 Å². The zero-order chi connectivity index (χ0) is 18.9. The van der Waals surface area contributed by atoms with Crippen molar-refractivity contribution < 1.29 is 19.0 Å².